The molecule has 12 nitrogen and oxygen atoms in total. The van der Waals surface area contributed by atoms with Gasteiger partial charge in [0.15, 0.2) is 5.13 Å². The molecule has 2 N–H and O–H groups in total. The van der Waals surface area contributed by atoms with Gasteiger partial charge in [0.25, 0.3) is 11.9 Å². The Bertz CT molecular complexity index is 2010. The van der Waals surface area contributed by atoms with E-state index in [1.807, 2.05) is 0 Å². The minimum Gasteiger partial charge on any atom is -0.481 e. The lowest BCUT2D eigenvalue weighted by molar-refractivity contribution is -0.134. The van der Waals surface area contributed by atoms with Gasteiger partial charge in [-0.2, -0.15) is 5.26 Å². The van der Waals surface area contributed by atoms with Crippen molar-refractivity contribution in [1.82, 2.24) is 9.97 Å². The van der Waals surface area contributed by atoms with Crippen LogP contribution in [0.25, 0.3) is 10.3 Å². The summed E-state index contributed by atoms with van der Waals surface area (Å²) in [6, 6.07) is 13.7. The van der Waals surface area contributed by atoms with Crippen molar-refractivity contribution in [3.05, 3.63) is 70.5 Å². The number of nitrogens with zero attached hydrogens (tertiary/aromatic N) is 4. The number of aliphatic carboxylic acids is 1. The number of aromatic nitrogens is 2. The van der Waals surface area contributed by atoms with Gasteiger partial charge in [-0.1, -0.05) is 35.1 Å². The maximum atomic E-state index is 15.4. The Balaban J connectivity index is 0.00000111. The molecule has 0 spiro atoms. The molecule has 0 unspecified atom stereocenters. The summed E-state index contributed by atoms with van der Waals surface area (Å²) in [5, 5.41) is 20.4. The van der Waals surface area contributed by atoms with Crippen molar-refractivity contribution in [3.8, 4) is 17.7 Å². The molecule has 2 aromatic heterocycles. The zero-order chi connectivity index (χ0) is 35.7. The van der Waals surface area contributed by atoms with E-state index in [1.54, 1.807) is 45.0 Å². The molecule has 2 aromatic carbocycles. The van der Waals surface area contributed by atoms with Gasteiger partial charge in [-0.05, 0) is 76.3 Å². The van der Waals surface area contributed by atoms with Crippen LogP contribution in [0.3, 0.4) is 0 Å². The molecule has 3 amide bonds. The number of nitrogens with one attached hydrogen (secondary N) is 1. The molecule has 2 aliphatic rings. The molecule has 0 aliphatic heterocycles. The van der Waals surface area contributed by atoms with E-state index in [0.29, 0.717) is 38.8 Å². The lowest BCUT2D eigenvalue weighted by Gasteiger charge is -2.27. The van der Waals surface area contributed by atoms with Crippen LogP contribution in [0.4, 0.5) is 20.0 Å². The van der Waals surface area contributed by atoms with E-state index < -0.39 is 40.5 Å². The van der Waals surface area contributed by atoms with E-state index in [2.05, 4.69) is 21.4 Å². The summed E-state index contributed by atoms with van der Waals surface area (Å²) in [7, 11) is 0. The maximum absolute atomic E-state index is 15.4. The average molecular weight is 708 g/mol. The fourth-order valence-corrected chi connectivity index (χ4v) is 5.88. The zero-order valence-corrected chi connectivity index (χ0v) is 28.4. The highest BCUT2D eigenvalue weighted by atomic mass is 35.5. The molecule has 49 heavy (non-hydrogen) atoms. The first kappa shape index (κ1) is 35.2. The Kier molecular flexibility index (Phi) is 9.89. The third-order valence-electron chi connectivity index (χ3n) is 7.28. The number of halogens is 2. The number of amides is 3. The predicted molar refractivity (Wildman–Crippen MR) is 180 cm³/mol. The molecule has 0 bridgehead atoms. The fraction of sp³-hybridized carbons (Fsp3) is 0.324. The van der Waals surface area contributed by atoms with Crippen molar-refractivity contribution in [3.63, 3.8) is 0 Å². The highest BCUT2D eigenvalue weighted by Crippen LogP contribution is 2.50. The summed E-state index contributed by atoms with van der Waals surface area (Å²) in [5.41, 5.74) is -1.32. The molecule has 15 heteroatoms. The first-order chi connectivity index (χ1) is 23.1. The molecule has 2 aliphatic carbocycles. The molecular weight excluding hydrogens is 677 g/mol. The Morgan fingerprint density at radius 1 is 1.12 bits per heavy atom. The number of carboxylic acids is 1. The Hall–Kier alpha value is -5.13. The zero-order valence-electron chi connectivity index (χ0n) is 26.9. The van der Waals surface area contributed by atoms with Crippen LogP contribution in [0.1, 0.15) is 69.3 Å². The molecule has 0 atom stereocenters. The second-order valence-electron chi connectivity index (χ2n) is 12.5. The number of anilines is 2. The van der Waals surface area contributed by atoms with Crippen molar-refractivity contribution >= 4 is 68.0 Å². The van der Waals surface area contributed by atoms with Gasteiger partial charge in [-0.3, -0.25) is 14.4 Å². The summed E-state index contributed by atoms with van der Waals surface area (Å²) in [6.45, 7) is 5.93. The van der Waals surface area contributed by atoms with Crippen molar-refractivity contribution in [2.45, 2.75) is 64.4 Å². The number of nitriles is 1. The normalized spacial score (nSPS) is 14.5. The number of fused-ring (bicyclic) bond motifs is 1. The van der Waals surface area contributed by atoms with E-state index in [4.69, 9.17) is 31.0 Å². The molecule has 2 saturated carbocycles. The SMILES string of the molecule is CC(=O)O.CC(C)(C)OC(=O)N(C(=O)c1cccc(C2(C#N)CC2)c1Cl)c1cc(Oc2ccc3nc(NC(=O)C4CC4)sc3n2)ccc1F. The number of hydrogen-bond donors (Lipinski definition) is 2. The van der Waals surface area contributed by atoms with Crippen molar-refractivity contribution < 1.29 is 38.1 Å². The predicted octanol–water partition coefficient (Wildman–Crippen LogP) is 7.85. The van der Waals surface area contributed by atoms with Gasteiger partial charge in [0, 0.05) is 25.0 Å². The number of benzene rings is 2. The Labute approximate surface area is 289 Å². The monoisotopic (exact) mass is 707 g/mol. The number of imide groups is 1. The highest BCUT2D eigenvalue weighted by molar-refractivity contribution is 7.22. The molecule has 254 valence electrons. The Morgan fingerprint density at radius 3 is 2.43 bits per heavy atom. The van der Waals surface area contributed by atoms with Crippen LogP contribution in [-0.4, -0.2) is 44.6 Å². The smallest absolute Gasteiger partial charge is 0.422 e. The standard InChI is InChI=1S/C32H27ClFN5O5S.C2H4O2/c1-31(2,3)44-30(42)39(28(41)19-5-4-6-20(25(19)33)32(16-35)13-14-32)23-15-18(9-10-21(23)34)43-24-12-11-22-27(37-24)45-29(36-22)38-26(40)17-7-8-17;1-2(3)4/h4-6,9-12,15,17H,7-8,13-14H2,1-3H3,(H,36,38,40);1H3,(H,3,4). The molecule has 2 fully saturated rings. The highest BCUT2D eigenvalue weighted by Gasteiger charge is 2.47. The number of pyridine rings is 1. The molecule has 4 aromatic rings. The van der Waals surface area contributed by atoms with E-state index in [0.717, 1.165) is 25.8 Å². The van der Waals surface area contributed by atoms with Crippen molar-refractivity contribution in [1.29, 1.82) is 5.26 Å². The lowest BCUT2D eigenvalue weighted by atomic mass is 9.95. The van der Waals surface area contributed by atoms with Crippen molar-refractivity contribution in [2.24, 2.45) is 5.92 Å². The first-order valence-electron chi connectivity index (χ1n) is 15.1. The summed E-state index contributed by atoms with van der Waals surface area (Å²) in [5.74, 6) is -2.50. The molecule has 0 radical (unpaired) electrons. The average Bonchev–Trinajstić information content (AvgIpc) is 3.95. The van der Waals surface area contributed by atoms with Crippen molar-refractivity contribution in [2.75, 3.05) is 10.2 Å². The van der Waals surface area contributed by atoms with Crippen LogP contribution in [0.15, 0.2) is 48.5 Å². The minimum absolute atomic E-state index is 0.0117. The molecule has 0 saturated heterocycles. The third kappa shape index (κ3) is 8.30. The van der Waals surface area contributed by atoms with Gasteiger partial charge in [0.2, 0.25) is 11.8 Å². The van der Waals surface area contributed by atoms with Gasteiger partial charge >= 0.3 is 6.09 Å². The first-order valence-corrected chi connectivity index (χ1v) is 16.3. The van der Waals surface area contributed by atoms with Crippen LogP contribution >= 0.6 is 22.9 Å². The topological polar surface area (TPSA) is 172 Å². The number of carbonyl (C=O) groups excluding carboxylic acids is 3. The van der Waals surface area contributed by atoms with E-state index in [-0.39, 0.29) is 34.0 Å². The molecular formula is C34H31ClFN5O7S. The fourth-order valence-electron chi connectivity index (χ4n) is 4.66. The number of hydrogen-bond acceptors (Lipinski definition) is 10. The largest absolute Gasteiger partial charge is 0.481 e. The van der Waals surface area contributed by atoms with Crippen LogP contribution in [0, 0.1) is 23.1 Å². The third-order valence-corrected chi connectivity index (χ3v) is 8.56. The van der Waals surface area contributed by atoms with Gasteiger partial charge in [-0.25, -0.2) is 24.1 Å². The van der Waals surface area contributed by atoms with Gasteiger partial charge in [0.1, 0.15) is 27.5 Å². The lowest BCUT2D eigenvalue weighted by Crippen LogP contribution is -2.41. The van der Waals surface area contributed by atoms with E-state index in [9.17, 15) is 19.6 Å². The van der Waals surface area contributed by atoms with Gasteiger partial charge in [0.05, 0.1) is 27.8 Å². The number of thiazole rings is 1. The molecule has 6 rings (SSSR count). The van der Waals surface area contributed by atoms with Crippen LogP contribution < -0.4 is 15.0 Å². The summed E-state index contributed by atoms with van der Waals surface area (Å²) in [6.07, 6.45) is 1.78. The quantitative estimate of drug-likeness (QED) is 0.193. The van der Waals surface area contributed by atoms with Gasteiger partial charge < -0.3 is 19.9 Å². The number of ether oxygens (including phenoxy) is 2. The Morgan fingerprint density at radius 2 is 1.82 bits per heavy atom. The maximum Gasteiger partial charge on any atom is 0.422 e. The number of carbonyl (C=O) groups is 4. The van der Waals surface area contributed by atoms with E-state index >= 15 is 4.39 Å². The summed E-state index contributed by atoms with van der Waals surface area (Å²) >= 11 is 7.83. The second kappa shape index (κ2) is 13.8. The summed E-state index contributed by atoms with van der Waals surface area (Å²) < 4.78 is 26.8. The minimum atomic E-state index is -1.13. The van der Waals surface area contributed by atoms with Crippen LogP contribution in [0.5, 0.6) is 11.6 Å². The number of rotatable bonds is 7. The molecule has 2 heterocycles. The second-order valence-corrected chi connectivity index (χ2v) is 13.8. The number of carboxylic acid groups (broad SMARTS) is 1. The summed E-state index contributed by atoms with van der Waals surface area (Å²) in [4.78, 5) is 58.5. The van der Waals surface area contributed by atoms with Crippen LogP contribution in [0.2, 0.25) is 5.02 Å². The van der Waals surface area contributed by atoms with E-state index in [1.165, 1.54) is 29.5 Å². The van der Waals surface area contributed by atoms with Crippen LogP contribution in [-0.2, 0) is 19.7 Å². The van der Waals surface area contributed by atoms with Gasteiger partial charge in [-0.15, -0.1) is 0 Å².